The van der Waals surface area contributed by atoms with Crippen LogP contribution >= 0.6 is 0 Å². The molecule has 0 amide bonds. The number of ether oxygens (including phenoxy) is 2. The molecule has 1 aliphatic heterocycles. The number of nitrogens with zero attached hydrogens (tertiary/aromatic N) is 2. The lowest BCUT2D eigenvalue weighted by molar-refractivity contribution is 0.356. The second kappa shape index (κ2) is 7.53. The average molecular weight is 331 g/mol. The lowest BCUT2D eigenvalue weighted by Gasteiger charge is -2.25. The molecule has 3 N–H and O–H groups in total. The molecule has 1 aliphatic rings. The molecule has 0 atom stereocenters. The van der Waals surface area contributed by atoms with Crippen molar-refractivity contribution in [3.63, 3.8) is 0 Å². The van der Waals surface area contributed by atoms with E-state index in [1.165, 1.54) is 0 Å². The summed E-state index contributed by atoms with van der Waals surface area (Å²) in [6, 6.07) is 4.24. The molecule has 1 fully saturated rings. The van der Waals surface area contributed by atoms with Gasteiger partial charge in [0.2, 0.25) is 5.95 Å². The molecule has 130 valence electrons. The number of piperidine rings is 1. The zero-order chi connectivity index (χ0) is 16.9. The van der Waals surface area contributed by atoms with Crippen molar-refractivity contribution in [2.75, 3.05) is 44.5 Å². The summed E-state index contributed by atoms with van der Waals surface area (Å²) in [7, 11) is 3.27. The van der Waals surface area contributed by atoms with Crippen LogP contribution in [0.25, 0.3) is 10.9 Å². The van der Waals surface area contributed by atoms with Crippen molar-refractivity contribution in [1.82, 2.24) is 15.3 Å². The molecular weight excluding hydrogens is 306 g/mol. The highest BCUT2D eigenvalue weighted by molar-refractivity contribution is 5.92. The predicted molar refractivity (Wildman–Crippen MR) is 96.3 cm³/mol. The van der Waals surface area contributed by atoms with Crippen molar-refractivity contribution in [2.24, 2.45) is 0 Å². The molecule has 24 heavy (non-hydrogen) atoms. The largest absolute Gasteiger partial charge is 0.493 e. The van der Waals surface area contributed by atoms with Crippen LogP contribution in [-0.2, 0) is 0 Å². The number of methoxy groups -OCH3 is 2. The number of anilines is 2. The zero-order valence-electron chi connectivity index (χ0n) is 14.5. The summed E-state index contributed by atoms with van der Waals surface area (Å²) in [6.45, 7) is 4.85. The van der Waals surface area contributed by atoms with Gasteiger partial charge in [-0.1, -0.05) is 0 Å². The lowest BCUT2D eigenvalue weighted by atomic mass is 10.1. The standard InChI is InChI=1S/C17H25N5O2/c1-4-19-17-21-13-10-15(24-3)14(23-2)9-12(13)16(22-17)20-11-5-7-18-8-6-11/h9-11,18H,4-8H2,1-3H3,(H2,19,20,21,22). The van der Waals surface area contributed by atoms with Crippen LogP contribution in [0.2, 0.25) is 0 Å². The van der Waals surface area contributed by atoms with Crippen LogP contribution in [0.15, 0.2) is 12.1 Å². The van der Waals surface area contributed by atoms with E-state index >= 15 is 0 Å². The van der Waals surface area contributed by atoms with Gasteiger partial charge in [-0.2, -0.15) is 4.98 Å². The Morgan fingerprint density at radius 2 is 1.83 bits per heavy atom. The SMILES string of the molecule is CCNc1nc(NC2CCNCC2)c2cc(OC)c(OC)cc2n1. The Morgan fingerprint density at radius 1 is 1.12 bits per heavy atom. The quantitative estimate of drug-likeness (QED) is 0.749. The molecule has 1 saturated heterocycles. The van der Waals surface area contributed by atoms with Gasteiger partial charge in [0.15, 0.2) is 11.5 Å². The zero-order valence-corrected chi connectivity index (χ0v) is 14.5. The molecule has 7 heteroatoms. The Labute approximate surface area is 142 Å². The highest BCUT2D eigenvalue weighted by Crippen LogP contribution is 2.35. The third-order valence-electron chi connectivity index (χ3n) is 4.22. The summed E-state index contributed by atoms with van der Waals surface area (Å²) in [4.78, 5) is 9.26. The Balaban J connectivity index is 2.05. The van der Waals surface area contributed by atoms with Crippen molar-refractivity contribution in [3.05, 3.63) is 12.1 Å². The normalized spacial score (nSPS) is 15.3. The Bertz CT molecular complexity index is 701. The van der Waals surface area contributed by atoms with E-state index in [0.717, 1.165) is 49.2 Å². The van der Waals surface area contributed by atoms with Gasteiger partial charge in [-0.05, 0) is 38.9 Å². The van der Waals surface area contributed by atoms with E-state index in [1.54, 1.807) is 14.2 Å². The van der Waals surface area contributed by atoms with E-state index in [-0.39, 0.29) is 0 Å². The van der Waals surface area contributed by atoms with E-state index in [0.29, 0.717) is 23.5 Å². The molecule has 0 saturated carbocycles. The van der Waals surface area contributed by atoms with Crippen LogP contribution in [0.3, 0.4) is 0 Å². The average Bonchev–Trinajstić information content (AvgIpc) is 2.62. The summed E-state index contributed by atoms with van der Waals surface area (Å²) >= 11 is 0. The van der Waals surface area contributed by atoms with Crippen molar-refractivity contribution in [1.29, 1.82) is 0 Å². The van der Waals surface area contributed by atoms with Gasteiger partial charge in [0.1, 0.15) is 5.82 Å². The molecule has 7 nitrogen and oxygen atoms in total. The van der Waals surface area contributed by atoms with Gasteiger partial charge < -0.3 is 25.4 Å². The molecule has 0 unspecified atom stereocenters. The van der Waals surface area contributed by atoms with Gasteiger partial charge in [-0.15, -0.1) is 0 Å². The number of nitrogens with one attached hydrogen (secondary N) is 3. The van der Waals surface area contributed by atoms with Gasteiger partial charge in [-0.25, -0.2) is 4.98 Å². The Kier molecular flexibility index (Phi) is 5.20. The molecule has 0 radical (unpaired) electrons. The molecule has 0 spiro atoms. The Hall–Kier alpha value is -2.28. The first-order chi connectivity index (χ1) is 11.7. The number of fused-ring (bicyclic) bond motifs is 1. The summed E-state index contributed by atoms with van der Waals surface area (Å²) in [5.74, 6) is 2.80. The fraction of sp³-hybridized carbons (Fsp3) is 0.529. The maximum absolute atomic E-state index is 5.43. The van der Waals surface area contributed by atoms with Crippen LogP contribution in [0, 0.1) is 0 Å². The fourth-order valence-corrected chi connectivity index (χ4v) is 2.96. The minimum Gasteiger partial charge on any atom is -0.493 e. The van der Waals surface area contributed by atoms with Crippen molar-refractivity contribution < 1.29 is 9.47 Å². The molecule has 1 aromatic heterocycles. The van der Waals surface area contributed by atoms with Crippen LogP contribution in [0.1, 0.15) is 19.8 Å². The number of benzene rings is 1. The first kappa shape index (κ1) is 16.6. The maximum Gasteiger partial charge on any atom is 0.225 e. The van der Waals surface area contributed by atoms with Gasteiger partial charge in [0.25, 0.3) is 0 Å². The third-order valence-corrected chi connectivity index (χ3v) is 4.22. The van der Waals surface area contributed by atoms with Crippen LogP contribution < -0.4 is 25.4 Å². The number of aromatic nitrogens is 2. The summed E-state index contributed by atoms with van der Waals surface area (Å²) < 4.78 is 10.8. The van der Waals surface area contributed by atoms with Crippen LogP contribution in [0.5, 0.6) is 11.5 Å². The molecule has 0 bridgehead atoms. The minimum absolute atomic E-state index is 0.409. The highest BCUT2D eigenvalue weighted by Gasteiger charge is 2.17. The monoisotopic (exact) mass is 331 g/mol. The third kappa shape index (κ3) is 3.46. The summed E-state index contributed by atoms with van der Waals surface area (Å²) in [5.41, 5.74) is 0.829. The Morgan fingerprint density at radius 3 is 2.50 bits per heavy atom. The molecule has 0 aliphatic carbocycles. The summed E-state index contributed by atoms with van der Waals surface area (Å²) in [6.07, 6.45) is 2.16. The highest BCUT2D eigenvalue weighted by atomic mass is 16.5. The van der Waals surface area contributed by atoms with Gasteiger partial charge in [0.05, 0.1) is 19.7 Å². The number of rotatable bonds is 6. The number of hydrogen-bond acceptors (Lipinski definition) is 7. The van der Waals surface area contributed by atoms with Crippen molar-refractivity contribution in [2.45, 2.75) is 25.8 Å². The maximum atomic E-state index is 5.43. The number of hydrogen-bond donors (Lipinski definition) is 3. The van der Waals surface area contributed by atoms with Gasteiger partial charge in [-0.3, -0.25) is 0 Å². The van der Waals surface area contributed by atoms with Crippen molar-refractivity contribution >= 4 is 22.7 Å². The fourth-order valence-electron chi connectivity index (χ4n) is 2.96. The first-order valence-corrected chi connectivity index (χ1v) is 8.40. The molecular formula is C17H25N5O2. The van der Waals surface area contributed by atoms with Crippen molar-refractivity contribution in [3.8, 4) is 11.5 Å². The second-order valence-corrected chi connectivity index (χ2v) is 5.82. The predicted octanol–water partition coefficient (Wildman–Crippen LogP) is 2.24. The molecule has 1 aromatic carbocycles. The molecule has 2 heterocycles. The van der Waals surface area contributed by atoms with E-state index in [1.807, 2.05) is 19.1 Å². The topological polar surface area (TPSA) is 80.3 Å². The smallest absolute Gasteiger partial charge is 0.225 e. The van der Waals surface area contributed by atoms with Gasteiger partial charge in [0, 0.05) is 24.0 Å². The lowest BCUT2D eigenvalue weighted by Crippen LogP contribution is -2.35. The second-order valence-electron chi connectivity index (χ2n) is 5.82. The van der Waals surface area contributed by atoms with Crippen LogP contribution in [-0.4, -0.2) is 49.9 Å². The summed E-state index contributed by atoms with van der Waals surface area (Å²) in [5, 5.41) is 11.1. The first-order valence-electron chi connectivity index (χ1n) is 8.40. The van der Waals surface area contributed by atoms with E-state index in [4.69, 9.17) is 9.47 Å². The minimum atomic E-state index is 0.409. The molecule has 3 rings (SSSR count). The van der Waals surface area contributed by atoms with E-state index in [2.05, 4.69) is 25.9 Å². The van der Waals surface area contributed by atoms with Crippen LogP contribution in [0.4, 0.5) is 11.8 Å². The van der Waals surface area contributed by atoms with E-state index in [9.17, 15) is 0 Å². The van der Waals surface area contributed by atoms with E-state index < -0.39 is 0 Å². The van der Waals surface area contributed by atoms with Gasteiger partial charge >= 0.3 is 0 Å². The molecule has 2 aromatic rings.